The molecule has 1 heterocycles. The van der Waals surface area contributed by atoms with Crippen molar-refractivity contribution < 1.29 is 14.2 Å². The van der Waals surface area contributed by atoms with E-state index in [0.29, 0.717) is 5.75 Å². The van der Waals surface area contributed by atoms with Crippen LogP contribution in [0.1, 0.15) is 18.9 Å². The Morgan fingerprint density at radius 1 is 1.57 bits per heavy atom. The summed E-state index contributed by atoms with van der Waals surface area (Å²) in [6.07, 6.45) is 0.873. The molecule has 1 N–H and O–H groups in total. The molecular formula is C11H13FO2. The molecule has 0 aromatic heterocycles. The number of hydrogen-bond acceptors (Lipinski definition) is 2. The van der Waals surface area contributed by atoms with E-state index in [4.69, 9.17) is 4.74 Å². The van der Waals surface area contributed by atoms with Crippen LogP contribution in [0, 0.1) is 5.82 Å². The van der Waals surface area contributed by atoms with Crippen molar-refractivity contribution in [3.8, 4) is 5.75 Å². The Hall–Kier alpha value is -1.09. The molecule has 2 atom stereocenters. The number of fused-ring (bicyclic) bond motifs is 1. The van der Waals surface area contributed by atoms with E-state index in [0.717, 1.165) is 18.4 Å². The fraction of sp³-hybridized carbons (Fsp3) is 0.455. The molecule has 0 saturated carbocycles. The SMILES string of the molecule is C[C@H](O)[C@@H]1CCc2cc(F)ccc2O1. The molecule has 1 aromatic carbocycles. The number of ether oxygens (including phenoxy) is 1. The van der Waals surface area contributed by atoms with Crippen LogP contribution in [0.25, 0.3) is 0 Å². The maximum atomic E-state index is 12.8. The summed E-state index contributed by atoms with van der Waals surface area (Å²) in [6.45, 7) is 1.71. The highest BCUT2D eigenvalue weighted by molar-refractivity contribution is 5.35. The first-order valence-electron chi connectivity index (χ1n) is 4.80. The Bertz CT molecular complexity index is 336. The summed E-state index contributed by atoms with van der Waals surface area (Å²) in [5.41, 5.74) is 0.891. The largest absolute Gasteiger partial charge is 0.487 e. The van der Waals surface area contributed by atoms with Crippen LogP contribution in [-0.2, 0) is 6.42 Å². The minimum absolute atomic E-state index is 0.159. The number of aliphatic hydroxyl groups excluding tert-OH is 1. The Morgan fingerprint density at radius 3 is 3.07 bits per heavy atom. The van der Waals surface area contributed by atoms with Crippen LogP contribution in [0.3, 0.4) is 0 Å². The number of benzene rings is 1. The number of rotatable bonds is 1. The topological polar surface area (TPSA) is 29.5 Å². The van der Waals surface area contributed by atoms with E-state index in [2.05, 4.69) is 0 Å². The molecule has 14 heavy (non-hydrogen) atoms. The number of hydrogen-bond donors (Lipinski definition) is 1. The smallest absolute Gasteiger partial charge is 0.125 e. The third kappa shape index (κ3) is 1.73. The van der Waals surface area contributed by atoms with Gasteiger partial charge in [0, 0.05) is 0 Å². The predicted octanol–water partition coefficient (Wildman–Crippen LogP) is 1.90. The monoisotopic (exact) mass is 196 g/mol. The van der Waals surface area contributed by atoms with E-state index in [9.17, 15) is 9.50 Å². The molecule has 76 valence electrons. The van der Waals surface area contributed by atoms with Crippen molar-refractivity contribution in [1.82, 2.24) is 0 Å². The fourth-order valence-electron chi connectivity index (χ4n) is 1.72. The summed E-state index contributed by atoms with van der Waals surface area (Å²) >= 11 is 0. The van der Waals surface area contributed by atoms with Gasteiger partial charge in [-0.05, 0) is 43.5 Å². The van der Waals surface area contributed by atoms with Crippen LogP contribution < -0.4 is 4.74 Å². The van der Waals surface area contributed by atoms with E-state index in [1.807, 2.05) is 0 Å². The Kier molecular flexibility index (Phi) is 2.42. The first-order valence-corrected chi connectivity index (χ1v) is 4.80. The van der Waals surface area contributed by atoms with Crippen molar-refractivity contribution in [1.29, 1.82) is 0 Å². The average Bonchev–Trinajstić information content (AvgIpc) is 2.16. The molecule has 0 unspecified atom stereocenters. The van der Waals surface area contributed by atoms with Gasteiger partial charge in [-0.3, -0.25) is 0 Å². The average molecular weight is 196 g/mol. The highest BCUT2D eigenvalue weighted by atomic mass is 19.1. The lowest BCUT2D eigenvalue weighted by molar-refractivity contribution is 0.0356. The fourth-order valence-corrected chi connectivity index (χ4v) is 1.72. The lowest BCUT2D eigenvalue weighted by Crippen LogP contribution is -2.32. The summed E-state index contributed by atoms with van der Waals surface area (Å²) in [5.74, 6) is 0.464. The molecule has 2 rings (SSSR count). The van der Waals surface area contributed by atoms with Crippen LogP contribution >= 0.6 is 0 Å². The second kappa shape index (κ2) is 3.58. The van der Waals surface area contributed by atoms with Gasteiger partial charge in [-0.15, -0.1) is 0 Å². The van der Waals surface area contributed by atoms with E-state index in [1.54, 1.807) is 13.0 Å². The quantitative estimate of drug-likeness (QED) is 0.743. The van der Waals surface area contributed by atoms with Crippen LogP contribution in [-0.4, -0.2) is 17.3 Å². The maximum absolute atomic E-state index is 12.8. The summed E-state index contributed by atoms with van der Waals surface area (Å²) < 4.78 is 18.4. The predicted molar refractivity (Wildman–Crippen MR) is 50.8 cm³/mol. The second-order valence-corrected chi connectivity index (χ2v) is 3.69. The van der Waals surface area contributed by atoms with Gasteiger partial charge < -0.3 is 9.84 Å². The van der Waals surface area contributed by atoms with Crippen LogP contribution in [0.4, 0.5) is 4.39 Å². The van der Waals surface area contributed by atoms with Crippen molar-refractivity contribution in [3.05, 3.63) is 29.6 Å². The van der Waals surface area contributed by atoms with E-state index in [-0.39, 0.29) is 11.9 Å². The highest BCUT2D eigenvalue weighted by Crippen LogP contribution is 2.29. The van der Waals surface area contributed by atoms with Crippen LogP contribution in [0.2, 0.25) is 0 Å². The van der Waals surface area contributed by atoms with Crippen molar-refractivity contribution in [2.75, 3.05) is 0 Å². The third-order valence-corrected chi connectivity index (χ3v) is 2.54. The molecule has 3 heteroatoms. The summed E-state index contributed by atoms with van der Waals surface area (Å²) in [7, 11) is 0. The third-order valence-electron chi connectivity index (χ3n) is 2.54. The molecule has 1 aromatic rings. The number of aryl methyl sites for hydroxylation is 1. The van der Waals surface area contributed by atoms with Gasteiger partial charge in [-0.1, -0.05) is 0 Å². The van der Waals surface area contributed by atoms with Gasteiger partial charge >= 0.3 is 0 Å². The highest BCUT2D eigenvalue weighted by Gasteiger charge is 2.23. The molecule has 0 spiro atoms. The zero-order chi connectivity index (χ0) is 10.1. The lowest BCUT2D eigenvalue weighted by atomic mass is 10.00. The van der Waals surface area contributed by atoms with Gasteiger partial charge in [0.15, 0.2) is 0 Å². The molecule has 0 saturated heterocycles. The molecule has 0 radical (unpaired) electrons. The number of aliphatic hydroxyl groups is 1. The van der Waals surface area contributed by atoms with Crippen molar-refractivity contribution in [2.24, 2.45) is 0 Å². The minimum Gasteiger partial charge on any atom is -0.487 e. The summed E-state index contributed by atoms with van der Waals surface area (Å²) in [4.78, 5) is 0. The molecule has 0 amide bonds. The molecule has 1 aliphatic rings. The zero-order valence-electron chi connectivity index (χ0n) is 8.03. The normalized spacial score (nSPS) is 22.4. The van der Waals surface area contributed by atoms with Crippen molar-refractivity contribution in [2.45, 2.75) is 32.0 Å². The van der Waals surface area contributed by atoms with Crippen molar-refractivity contribution >= 4 is 0 Å². The Labute approximate surface area is 82.3 Å². The molecule has 1 aliphatic heterocycles. The van der Waals surface area contributed by atoms with Crippen LogP contribution in [0.5, 0.6) is 5.75 Å². The Balaban J connectivity index is 2.23. The zero-order valence-corrected chi connectivity index (χ0v) is 8.03. The summed E-state index contributed by atoms with van der Waals surface area (Å²) in [6, 6.07) is 4.50. The first kappa shape index (κ1) is 9.46. The Morgan fingerprint density at radius 2 is 2.36 bits per heavy atom. The lowest BCUT2D eigenvalue weighted by Gasteiger charge is -2.27. The van der Waals surface area contributed by atoms with Gasteiger partial charge in [0.25, 0.3) is 0 Å². The van der Waals surface area contributed by atoms with E-state index >= 15 is 0 Å². The summed E-state index contributed by atoms with van der Waals surface area (Å²) in [5, 5.41) is 9.36. The van der Waals surface area contributed by atoms with Crippen molar-refractivity contribution in [3.63, 3.8) is 0 Å². The van der Waals surface area contributed by atoms with Gasteiger partial charge in [0.05, 0.1) is 6.10 Å². The van der Waals surface area contributed by atoms with Gasteiger partial charge in [0.1, 0.15) is 17.7 Å². The maximum Gasteiger partial charge on any atom is 0.125 e. The van der Waals surface area contributed by atoms with Gasteiger partial charge in [0.2, 0.25) is 0 Å². The molecule has 0 bridgehead atoms. The molecule has 0 aliphatic carbocycles. The first-order chi connectivity index (χ1) is 6.66. The molecule has 0 fully saturated rings. The standard InChI is InChI=1S/C11H13FO2/c1-7(13)10-4-2-8-6-9(12)3-5-11(8)14-10/h3,5-7,10,13H,2,4H2,1H3/t7-,10-/m0/s1. The van der Waals surface area contributed by atoms with Gasteiger partial charge in [-0.2, -0.15) is 0 Å². The van der Waals surface area contributed by atoms with Crippen LogP contribution in [0.15, 0.2) is 18.2 Å². The number of halogens is 1. The minimum atomic E-state index is -0.479. The van der Waals surface area contributed by atoms with Gasteiger partial charge in [-0.25, -0.2) is 4.39 Å². The van der Waals surface area contributed by atoms with E-state index in [1.165, 1.54) is 12.1 Å². The second-order valence-electron chi connectivity index (χ2n) is 3.69. The molecule has 2 nitrogen and oxygen atoms in total. The van der Waals surface area contributed by atoms with E-state index < -0.39 is 6.10 Å². The molecular weight excluding hydrogens is 183 g/mol.